The number of piperidine rings is 1. The third-order valence-electron chi connectivity index (χ3n) is 6.61. The van der Waals surface area contributed by atoms with E-state index in [1.165, 1.54) is 17.0 Å². The van der Waals surface area contributed by atoms with Crippen molar-refractivity contribution in [2.24, 2.45) is 0 Å². The number of nitrogens with one attached hydrogen (secondary N) is 1. The third-order valence-corrected chi connectivity index (χ3v) is 6.61. The molecule has 0 atom stereocenters. The number of carbonyl (C=O) groups is 3. The molecule has 2 fully saturated rings. The fraction of sp³-hybridized carbons (Fsp3) is 0.400. The van der Waals surface area contributed by atoms with Gasteiger partial charge in [0.15, 0.2) is 11.5 Å². The molecule has 2 aromatic rings. The standard InChI is InChI=1S/C25H27FN4O5/c26-18-3-1-17(2-4-18)16-29-11-12-30(24(32)23(29)31)20-7-9-28(10-8-20)25(33)27-19-5-6-21-22(15-19)35-14-13-34-21/h1-6,15,20H,7-14,16H2,(H,27,33). The van der Waals surface area contributed by atoms with Crippen LogP contribution in [0.5, 0.6) is 11.5 Å². The predicted octanol–water partition coefficient (Wildman–Crippen LogP) is 2.46. The molecular formula is C25H27FN4O5. The quantitative estimate of drug-likeness (QED) is 0.676. The normalized spacial score (nSPS) is 18.6. The highest BCUT2D eigenvalue weighted by atomic mass is 19.1. The Labute approximate surface area is 202 Å². The van der Waals surface area contributed by atoms with Crippen LogP contribution in [0.1, 0.15) is 18.4 Å². The lowest BCUT2D eigenvalue weighted by molar-refractivity contribution is -0.158. The minimum atomic E-state index is -0.542. The number of urea groups is 1. The summed E-state index contributed by atoms with van der Waals surface area (Å²) in [5.41, 5.74) is 1.40. The zero-order valence-electron chi connectivity index (χ0n) is 19.2. The molecule has 0 aliphatic carbocycles. The van der Waals surface area contributed by atoms with Crippen LogP contribution in [-0.2, 0) is 16.1 Å². The second-order valence-electron chi connectivity index (χ2n) is 8.86. The molecule has 4 amide bonds. The van der Waals surface area contributed by atoms with Crippen molar-refractivity contribution in [3.05, 3.63) is 53.8 Å². The smallest absolute Gasteiger partial charge is 0.321 e. The number of likely N-dealkylation sites (tertiary alicyclic amines) is 1. The molecule has 2 aromatic carbocycles. The molecule has 2 saturated heterocycles. The van der Waals surface area contributed by atoms with Crippen LogP contribution in [0.4, 0.5) is 14.9 Å². The first kappa shape index (κ1) is 22.9. The summed E-state index contributed by atoms with van der Waals surface area (Å²) in [4.78, 5) is 43.1. The molecule has 35 heavy (non-hydrogen) atoms. The van der Waals surface area contributed by atoms with Crippen LogP contribution in [0, 0.1) is 5.82 Å². The monoisotopic (exact) mass is 482 g/mol. The maximum atomic E-state index is 13.1. The highest BCUT2D eigenvalue weighted by Crippen LogP contribution is 2.32. The third kappa shape index (κ3) is 5.01. The number of anilines is 1. The zero-order chi connectivity index (χ0) is 24.4. The number of halogens is 1. The number of fused-ring (bicyclic) bond motifs is 1. The van der Waals surface area contributed by atoms with Crippen LogP contribution in [-0.4, -0.2) is 78.0 Å². The molecule has 0 spiro atoms. The van der Waals surface area contributed by atoms with E-state index in [4.69, 9.17) is 9.47 Å². The molecular weight excluding hydrogens is 455 g/mol. The fourth-order valence-corrected chi connectivity index (χ4v) is 4.70. The van der Waals surface area contributed by atoms with Crippen molar-refractivity contribution >= 4 is 23.5 Å². The molecule has 1 N–H and O–H groups in total. The summed E-state index contributed by atoms with van der Waals surface area (Å²) >= 11 is 0. The first-order valence-corrected chi connectivity index (χ1v) is 11.8. The molecule has 0 bridgehead atoms. The topological polar surface area (TPSA) is 91.4 Å². The van der Waals surface area contributed by atoms with Gasteiger partial charge in [0.25, 0.3) is 0 Å². The lowest BCUT2D eigenvalue weighted by Gasteiger charge is -2.42. The van der Waals surface area contributed by atoms with E-state index in [0.29, 0.717) is 69.4 Å². The van der Waals surface area contributed by atoms with Gasteiger partial charge in [-0.1, -0.05) is 12.1 Å². The Morgan fingerprint density at radius 3 is 2.37 bits per heavy atom. The second kappa shape index (κ2) is 9.81. The number of rotatable bonds is 4. The van der Waals surface area contributed by atoms with Gasteiger partial charge in [-0.25, -0.2) is 9.18 Å². The van der Waals surface area contributed by atoms with Gasteiger partial charge in [-0.05, 0) is 42.7 Å². The number of hydrogen-bond acceptors (Lipinski definition) is 5. The highest BCUT2D eigenvalue weighted by molar-refractivity contribution is 6.35. The van der Waals surface area contributed by atoms with E-state index in [-0.39, 0.29) is 24.4 Å². The van der Waals surface area contributed by atoms with Crippen molar-refractivity contribution in [2.75, 3.05) is 44.7 Å². The van der Waals surface area contributed by atoms with Gasteiger partial charge in [0, 0.05) is 50.5 Å². The summed E-state index contributed by atoms with van der Waals surface area (Å²) in [5.74, 6) is -0.134. The first-order valence-electron chi connectivity index (χ1n) is 11.8. The Morgan fingerprint density at radius 2 is 1.63 bits per heavy atom. The molecule has 184 valence electrons. The van der Waals surface area contributed by atoms with Gasteiger partial charge in [-0.3, -0.25) is 9.59 Å². The van der Waals surface area contributed by atoms with Crippen molar-refractivity contribution in [1.82, 2.24) is 14.7 Å². The van der Waals surface area contributed by atoms with E-state index in [0.717, 1.165) is 5.56 Å². The molecule has 0 saturated carbocycles. The lowest BCUT2D eigenvalue weighted by Crippen LogP contribution is -2.59. The number of amides is 4. The van der Waals surface area contributed by atoms with E-state index in [1.807, 2.05) is 0 Å². The van der Waals surface area contributed by atoms with Gasteiger partial charge in [-0.2, -0.15) is 0 Å². The van der Waals surface area contributed by atoms with Crippen LogP contribution in [0.2, 0.25) is 0 Å². The summed E-state index contributed by atoms with van der Waals surface area (Å²) in [5, 5.41) is 2.89. The molecule has 3 aliphatic rings. The van der Waals surface area contributed by atoms with Gasteiger partial charge < -0.3 is 29.5 Å². The molecule has 10 heteroatoms. The predicted molar refractivity (Wildman–Crippen MR) is 125 cm³/mol. The highest BCUT2D eigenvalue weighted by Gasteiger charge is 2.38. The summed E-state index contributed by atoms with van der Waals surface area (Å²) < 4.78 is 24.2. The van der Waals surface area contributed by atoms with Crippen molar-refractivity contribution < 1.29 is 28.2 Å². The Morgan fingerprint density at radius 1 is 0.914 bits per heavy atom. The number of nitrogens with zero attached hydrogens (tertiary/aromatic N) is 3. The number of piperazine rings is 1. The van der Waals surface area contributed by atoms with Crippen molar-refractivity contribution in [1.29, 1.82) is 0 Å². The van der Waals surface area contributed by atoms with Crippen LogP contribution in [0.3, 0.4) is 0 Å². The number of ether oxygens (including phenoxy) is 2. The van der Waals surface area contributed by atoms with E-state index < -0.39 is 11.8 Å². The average molecular weight is 483 g/mol. The molecule has 9 nitrogen and oxygen atoms in total. The number of hydrogen-bond donors (Lipinski definition) is 1. The largest absolute Gasteiger partial charge is 0.486 e. The zero-order valence-corrected chi connectivity index (χ0v) is 19.2. The number of benzene rings is 2. The summed E-state index contributed by atoms with van der Waals surface area (Å²) in [6, 6.07) is 10.9. The van der Waals surface area contributed by atoms with E-state index >= 15 is 0 Å². The Balaban J connectivity index is 1.12. The van der Waals surface area contributed by atoms with Gasteiger partial charge in [0.2, 0.25) is 0 Å². The van der Waals surface area contributed by atoms with Crippen LogP contribution in [0.25, 0.3) is 0 Å². The summed E-state index contributed by atoms with van der Waals surface area (Å²) in [6.45, 7) is 3.09. The number of carbonyl (C=O) groups excluding carboxylic acids is 3. The van der Waals surface area contributed by atoms with Crippen LogP contribution in [0.15, 0.2) is 42.5 Å². The molecule has 0 radical (unpaired) electrons. The van der Waals surface area contributed by atoms with E-state index in [1.54, 1.807) is 40.1 Å². The first-order chi connectivity index (χ1) is 17.0. The SMILES string of the molecule is O=C(Nc1ccc2c(c1)OCCO2)N1CCC(N2CCN(Cc3ccc(F)cc3)C(=O)C2=O)CC1. The van der Waals surface area contributed by atoms with E-state index in [2.05, 4.69) is 5.32 Å². The maximum Gasteiger partial charge on any atom is 0.321 e. The van der Waals surface area contributed by atoms with E-state index in [9.17, 15) is 18.8 Å². The minimum Gasteiger partial charge on any atom is -0.486 e. The summed E-state index contributed by atoms with van der Waals surface area (Å²) in [7, 11) is 0. The minimum absolute atomic E-state index is 0.0854. The lowest BCUT2D eigenvalue weighted by atomic mass is 10.0. The van der Waals surface area contributed by atoms with Gasteiger partial charge in [0.05, 0.1) is 0 Å². The molecule has 0 unspecified atom stereocenters. The molecule has 3 heterocycles. The fourth-order valence-electron chi connectivity index (χ4n) is 4.70. The molecule has 3 aliphatic heterocycles. The van der Waals surface area contributed by atoms with Crippen molar-refractivity contribution in [3.8, 4) is 11.5 Å². The van der Waals surface area contributed by atoms with Crippen molar-refractivity contribution in [3.63, 3.8) is 0 Å². The van der Waals surface area contributed by atoms with Crippen LogP contribution >= 0.6 is 0 Å². The summed E-state index contributed by atoms with van der Waals surface area (Å²) in [6.07, 6.45) is 1.21. The van der Waals surface area contributed by atoms with Gasteiger partial charge in [-0.15, -0.1) is 0 Å². The van der Waals surface area contributed by atoms with Gasteiger partial charge in [0.1, 0.15) is 19.0 Å². The second-order valence-corrected chi connectivity index (χ2v) is 8.86. The molecule has 0 aromatic heterocycles. The Kier molecular flexibility index (Phi) is 6.43. The van der Waals surface area contributed by atoms with Crippen molar-refractivity contribution in [2.45, 2.75) is 25.4 Å². The Bertz CT molecular complexity index is 1120. The maximum absolute atomic E-state index is 13.1. The Hall–Kier alpha value is -3.82. The van der Waals surface area contributed by atoms with Crippen LogP contribution < -0.4 is 14.8 Å². The average Bonchev–Trinajstić information content (AvgIpc) is 2.88. The molecule has 5 rings (SSSR count). The van der Waals surface area contributed by atoms with Gasteiger partial charge >= 0.3 is 17.8 Å².